The average molecular weight is 130 g/mol. The number of hydrogen-bond donors (Lipinski definition) is 0. The third-order valence-corrected chi connectivity index (χ3v) is 1.72. The van der Waals surface area contributed by atoms with E-state index >= 15 is 0 Å². The number of methoxy groups -OCH3 is 1. The molecule has 2 atom stereocenters. The fourth-order valence-corrected chi connectivity index (χ4v) is 1.03. The molecule has 3 nitrogen and oxygen atoms in total. The zero-order chi connectivity index (χ0) is 6.27. The van der Waals surface area contributed by atoms with Crippen molar-refractivity contribution in [3.05, 3.63) is 0 Å². The van der Waals surface area contributed by atoms with Gasteiger partial charge in [-0.1, -0.05) is 0 Å². The highest BCUT2D eigenvalue weighted by atomic mass is 16.6. The summed E-state index contributed by atoms with van der Waals surface area (Å²) in [5, 5.41) is 0. The smallest absolute Gasteiger partial charge is 0.114 e. The van der Waals surface area contributed by atoms with Crippen LogP contribution in [0.3, 0.4) is 0 Å². The third kappa shape index (κ3) is 1.08. The quantitative estimate of drug-likeness (QED) is 0.496. The number of rotatable bonds is 3. The van der Waals surface area contributed by atoms with E-state index in [1.165, 1.54) is 0 Å². The lowest BCUT2D eigenvalue weighted by atomic mass is 10.2. The van der Waals surface area contributed by atoms with Gasteiger partial charge < -0.3 is 14.2 Å². The first kappa shape index (κ1) is 5.65. The van der Waals surface area contributed by atoms with Crippen LogP contribution in [-0.2, 0) is 14.2 Å². The van der Waals surface area contributed by atoms with Crippen LogP contribution in [0.25, 0.3) is 0 Å². The Kier molecular flexibility index (Phi) is 1.22. The molecule has 0 saturated carbocycles. The lowest BCUT2D eigenvalue weighted by molar-refractivity contribution is 0.0529. The second kappa shape index (κ2) is 1.94. The molecule has 9 heavy (non-hydrogen) atoms. The Morgan fingerprint density at radius 1 is 1.33 bits per heavy atom. The molecule has 52 valence electrons. The molecule has 0 N–H and O–H groups in total. The van der Waals surface area contributed by atoms with Crippen molar-refractivity contribution in [2.24, 2.45) is 0 Å². The SMILES string of the molecule is COC([C@H]1CO1)[C@H]1CO1. The predicted octanol–water partition coefficient (Wildman–Crippen LogP) is -0.201. The molecule has 2 saturated heterocycles. The molecule has 0 radical (unpaired) electrons. The average Bonchev–Trinajstić information content (AvgIpc) is 2.61. The van der Waals surface area contributed by atoms with Gasteiger partial charge in [0, 0.05) is 7.11 Å². The molecule has 0 aliphatic carbocycles. The summed E-state index contributed by atoms with van der Waals surface area (Å²) < 4.78 is 15.3. The minimum absolute atomic E-state index is 0.199. The first-order valence-corrected chi connectivity index (χ1v) is 3.18. The van der Waals surface area contributed by atoms with Crippen molar-refractivity contribution in [2.45, 2.75) is 18.3 Å². The van der Waals surface area contributed by atoms with E-state index in [1.54, 1.807) is 7.11 Å². The largest absolute Gasteiger partial charge is 0.376 e. The maximum absolute atomic E-state index is 5.15. The second-order valence-electron chi connectivity index (χ2n) is 2.44. The van der Waals surface area contributed by atoms with Crippen LogP contribution in [0.5, 0.6) is 0 Å². The van der Waals surface area contributed by atoms with E-state index in [1.807, 2.05) is 0 Å². The lowest BCUT2D eigenvalue weighted by Crippen LogP contribution is -2.24. The highest BCUT2D eigenvalue weighted by Crippen LogP contribution is 2.26. The Labute approximate surface area is 53.9 Å². The van der Waals surface area contributed by atoms with E-state index in [9.17, 15) is 0 Å². The molecular formula is C6H10O3. The summed E-state index contributed by atoms with van der Waals surface area (Å²) in [5.74, 6) is 0. The molecule has 0 aromatic heterocycles. The van der Waals surface area contributed by atoms with Crippen LogP contribution in [0.1, 0.15) is 0 Å². The molecule has 3 heteroatoms. The van der Waals surface area contributed by atoms with Crippen molar-refractivity contribution < 1.29 is 14.2 Å². The maximum Gasteiger partial charge on any atom is 0.114 e. The topological polar surface area (TPSA) is 34.3 Å². The summed E-state index contributed by atoms with van der Waals surface area (Å²) in [7, 11) is 1.70. The van der Waals surface area contributed by atoms with Gasteiger partial charge in [-0.2, -0.15) is 0 Å². The Morgan fingerprint density at radius 2 is 1.78 bits per heavy atom. The molecular weight excluding hydrogens is 120 g/mol. The van der Waals surface area contributed by atoms with Gasteiger partial charge in [-0.3, -0.25) is 0 Å². The van der Waals surface area contributed by atoms with Gasteiger partial charge in [0.1, 0.15) is 18.3 Å². The molecule has 2 rings (SSSR count). The molecule has 0 aromatic rings. The Bertz CT molecular complexity index is 94.9. The van der Waals surface area contributed by atoms with Crippen LogP contribution in [0.15, 0.2) is 0 Å². The standard InChI is InChI=1S/C6H10O3/c1-7-6(4-2-8-4)5-3-9-5/h4-6H,2-3H2,1H3/t4-,5-/m1/s1. The van der Waals surface area contributed by atoms with Crippen molar-refractivity contribution in [3.8, 4) is 0 Å². The lowest BCUT2D eigenvalue weighted by Gasteiger charge is -2.06. The first-order chi connectivity index (χ1) is 4.42. The first-order valence-electron chi connectivity index (χ1n) is 3.18. The van der Waals surface area contributed by atoms with Crippen LogP contribution >= 0.6 is 0 Å². The zero-order valence-corrected chi connectivity index (χ0v) is 5.37. The van der Waals surface area contributed by atoms with Gasteiger partial charge >= 0.3 is 0 Å². The van der Waals surface area contributed by atoms with E-state index in [0.717, 1.165) is 13.2 Å². The molecule has 0 unspecified atom stereocenters. The summed E-state index contributed by atoms with van der Waals surface area (Å²) in [5.41, 5.74) is 0. The highest BCUT2D eigenvalue weighted by molar-refractivity contribution is 4.91. The molecule has 0 amide bonds. The fraction of sp³-hybridized carbons (Fsp3) is 1.00. The van der Waals surface area contributed by atoms with Crippen molar-refractivity contribution in [3.63, 3.8) is 0 Å². The van der Waals surface area contributed by atoms with Gasteiger partial charge in [-0.25, -0.2) is 0 Å². The molecule has 0 spiro atoms. The molecule has 2 heterocycles. The molecule has 2 aliphatic rings. The third-order valence-electron chi connectivity index (χ3n) is 1.72. The molecule has 2 aliphatic heterocycles. The Hall–Kier alpha value is -0.120. The highest BCUT2D eigenvalue weighted by Gasteiger charge is 2.44. The normalized spacial score (nSPS) is 39.3. The van der Waals surface area contributed by atoms with Crippen LogP contribution < -0.4 is 0 Å². The summed E-state index contributed by atoms with van der Waals surface area (Å²) >= 11 is 0. The van der Waals surface area contributed by atoms with Crippen LogP contribution in [0, 0.1) is 0 Å². The van der Waals surface area contributed by atoms with E-state index in [2.05, 4.69) is 0 Å². The fourth-order valence-electron chi connectivity index (χ4n) is 1.03. The van der Waals surface area contributed by atoms with Gasteiger partial charge in [-0.05, 0) is 0 Å². The van der Waals surface area contributed by atoms with Crippen molar-refractivity contribution >= 4 is 0 Å². The maximum atomic E-state index is 5.15. The summed E-state index contributed by atoms with van der Waals surface area (Å²) in [6.45, 7) is 1.69. The molecule has 0 bridgehead atoms. The van der Waals surface area contributed by atoms with Gasteiger partial charge in [0.25, 0.3) is 0 Å². The summed E-state index contributed by atoms with van der Waals surface area (Å²) in [6.07, 6.45) is 0.843. The van der Waals surface area contributed by atoms with Crippen molar-refractivity contribution in [1.82, 2.24) is 0 Å². The minimum Gasteiger partial charge on any atom is -0.376 e. The van der Waals surface area contributed by atoms with E-state index in [4.69, 9.17) is 14.2 Å². The minimum atomic E-state index is 0.199. The van der Waals surface area contributed by atoms with Crippen LogP contribution in [-0.4, -0.2) is 38.6 Å². The van der Waals surface area contributed by atoms with Crippen molar-refractivity contribution in [2.75, 3.05) is 20.3 Å². The van der Waals surface area contributed by atoms with E-state index in [-0.39, 0.29) is 6.10 Å². The predicted molar refractivity (Wildman–Crippen MR) is 30.3 cm³/mol. The number of ether oxygens (including phenoxy) is 3. The van der Waals surface area contributed by atoms with Gasteiger partial charge in [0.15, 0.2) is 0 Å². The van der Waals surface area contributed by atoms with Crippen molar-refractivity contribution in [1.29, 1.82) is 0 Å². The summed E-state index contributed by atoms with van der Waals surface area (Å²) in [6, 6.07) is 0. The second-order valence-corrected chi connectivity index (χ2v) is 2.44. The van der Waals surface area contributed by atoms with Gasteiger partial charge in [0.2, 0.25) is 0 Å². The zero-order valence-electron chi connectivity index (χ0n) is 5.37. The van der Waals surface area contributed by atoms with E-state index in [0.29, 0.717) is 12.2 Å². The monoisotopic (exact) mass is 130 g/mol. The summed E-state index contributed by atoms with van der Waals surface area (Å²) in [4.78, 5) is 0. The van der Waals surface area contributed by atoms with Crippen LogP contribution in [0.4, 0.5) is 0 Å². The number of hydrogen-bond acceptors (Lipinski definition) is 3. The van der Waals surface area contributed by atoms with Gasteiger partial charge in [-0.15, -0.1) is 0 Å². The number of epoxide rings is 2. The van der Waals surface area contributed by atoms with E-state index < -0.39 is 0 Å². The molecule has 2 fully saturated rings. The molecule has 0 aromatic carbocycles. The Morgan fingerprint density at radius 3 is 2.00 bits per heavy atom. The van der Waals surface area contributed by atoms with Crippen LogP contribution in [0.2, 0.25) is 0 Å². The van der Waals surface area contributed by atoms with Gasteiger partial charge in [0.05, 0.1) is 13.2 Å². The Balaban J connectivity index is 1.85.